The Morgan fingerprint density at radius 1 is 1.39 bits per heavy atom. The Kier molecular flexibility index (Phi) is 4.81. The Bertz CT molecular complexity index is 354. The predicted molar refractivity (Wildman–Crippen MR) is 75.7 cm³/mol. The molecule has 1 heterocycles. The van der Waals surface area contributed by atoms with Gasteiger partial charge in [0.25, 0.3) is 0 Å². The van der Waals surface area contributed by atoms with Crippen molar-refractivity contribution in [2.75, 3.05) is 7.05 Å². The molecule has 3 heteroatoms. The zero-order chi connectivity index (χ0) is 13.0. The van der Waals surface area contributed by atoms with Crippen LogP contribution in [0.2, 0.25) is 0 Å². The normalized spacial score (nSPS) is 24.0. The molecule has 0 saturated heterocycles. The third kappa shape index (κ3) is 3.14. The molecule has 1 aliphatic rings. The van der Waals surface area contributed by atoms with Crippen LogP contribution >= 0.6 is 0 Å². The van der Waals surface area contributed by atoms with Crippen LogP contribution in [-0.2, 0) is 6.42 Å². The molecule has 102 valence electrons. The minimum Gasteiger partial charge on any atom is -0.317 e. The Labute approximate surface area is 111 Å². The summed E-state index contributed by atoms with van der Waals surface area (Å²) in [4.78, 5) is 0. The van der Waals surface area contributed by atoms with Gasteiger partial charge in [-0.25, -0.2) is 0 Å². The van der Waals surface area contributed by atoms with E-state index in [4.69, 9.17) is 5.10 Å². The summed E-state index contributed by atoms with van der Waals surface area (Å²) in [6.45, 7) is 4.48. The largest absolute Gasteiger partial charge is 0.317 e. The van der Waals surface area contributed by atoms with E-state index in [1.165, 1.54) is 37.8 Å². The van der Waals surface area contributed by atoms with Crippen molar-refractivity contribution in [2.24, 2.45) is 5.92 Å². The molecule has 1 N–H and O–H groups in total. The van der Waals surface area contributed by atoms with Crippen molar-refractivity contribution < 1.29 is 0 Å². The second-order valence-electron chi connectivity index (χ2n) is 5.63. The van der Waals surface area contributed by atoms with Crippen LogP contribution in [0, 0.1) is 5.92 Å². The van der Waals surface area contributed by atoms with Crippen molar-refractivity contribution in [2.45, 2.75) is 64.5 Å². The third-order valence-electron chi connectivity index (χ3n) is 4.43. The van der Waals surface area contributed by atoms with Crippen molar-refractivity contribution >= 4 is 0 Å². The maximum absolute atomic E-state index is 4.76. The van der Waals surface area contributed by atoms with Crippen LogP contribution in [0.15, 0.2) is 12.3 Å². The van der Waals surface area contributed by atoms with Crippen molar-refractivity contribution in [1.82, 2.24) is 15.1 Å². The van der Waals surface area contributed by atoms with Gasteiger partial charge in [-0.15, -0.1) is 0 Å². The van der Waals surface area contributed by atoms with Crippen LogP contribution in [0.3, 0.4) is 0 Å². The van der Waals surface area contributed by atoms with E-state index < -0.39 is 0 Å². The average molecular weight is 249 g/mol. The molecule has 1 aromatic rings. The zero-order valence-electron chi connectivity index (χ0n) is 12.0. The second kappa shape index (κ2) is 6.37. The number of nitrogens with one attached hydrogen (secondary N) is 1. The lowest BCUT2D eigenvalue weighted by molar-refractivity contribution is 0.420. The van der Waals surface area contributed by atoms with E-state index in [-0.39, 0.29) is 0 Å². The van der Waals surface area contributed by atoms with Gasteiger partial charge in [-0.05, 0) is 57.6 Å². The molecule has 1 fully saturated rings. The highest BCUT2D eigenvalue weighted by atomic mass is 15.3. The average Bonchev–Trinajstić information content (AvgIpc) is 3.01. The molecule has 0 aliphatic heterocycles. The quantitative estimate of drug-likeness (QED) is 0.839. The molecule has 0 aromatic carbocycles. The summed E-state index contributed by atoms with van der Waals surface area (Å²) in [5, 5.41) is 8.16. The van der Waals surface area contributed by atoms with Crippen LogP contribution < -0.4 is 5.32 Å². The van der Waals surface area contributed by atoms with Gasteiger partial charge >= 0.3 is 0 Å². The maximum atomic E-state index is 4.76. The van der Waals surface area contributed by atoms with Crippen molar-refractivity contribution in [3.05, 3.63) is 18.0 Å². The van der Waals surface area contributed by atoms with Gasteiger partial charge in [0.05, 0.1) is 11.7 Å². The molecule has 1 saturated carbocycles. The highest BCUT2D eigenvalue weighted by molar-refractivity contribution is 5.02. The van der Waals surface area contributed by atoms with E-state index in [0.29, 0.717) is 6.04 Å². The minimum absolute atomic E-state index is 0.576. The van der Waals surface area contributed by atoms with Gasteiger partial charge in [0, 0.05) is 12.2 Å². The Morgan fingerprint density at radius 2 is 2.17 bits per heavy atom. The topological polar surface area (TPSA) is 29.9 Å². The van der Waals surface area contributed by atoms with Crippen molar-refractivity contribution in [3.8, 4) is 0 Å². The zero-order valence-corrected chi connectivity index (χ0v) is 12.0. The molecule has 0 amide bonds. The lowest BCUT2D eigenvalue weighted by Gasteiger charge is -2.13. The Morgan fingerprint density at radius 3 is 2.78 bits per heavy atom. The van der Waals surface area contributed by atoms with Gasteiger partial charge in [-0.2, -0.15) is 5.10 Å². The van der Waals surface area contributed by atoms with E-state index in [1.54, 1.807) is 0 Å². The fourth-order valence-electron chi connectivity index (χ4n) is 3.17. The summed E-state index contributed by atoms with van der Waals surface area (Å²) in [6, 6.07) is 3.52. The first kappa shape index (κ1) is 13.6. The number of hydrogen-bond donors (Lipinski definition) is 1. The van der Waals surface area contributed by atoms with Crippen LogP contribution in [0.1, 0.15) is 57.7 Å². The minimum atomic E-state index is 0.576. The highest BCUT2D eigenvalue weighted by Gasteiger charge is 2.24. The maximum Gasteiger partial charge on any atom is 0.0627 e. The highest BCUT2D eigenvalue weighted by Crippen LogP contribution is 2.28. The summed E-state index contributed by atoms with van der Waals surface area (Å²) in [6.07, 6.45) is 9.65. The van der Waals surface area contributed by atoms with Crippen LogP contribution in [0.25, 0.3) is 0 Å². The number of nitrogens with zero attached hydrogens (tertiary/aromatic N) is 2. The molecule has 3 nitrogen and oxygen atoms in total. The smallest absolute Gasteiger partial charge is 0.0627 e. The van der Waals surface area contributed by atoms with E-state index in [2.05, 4.69) is 43.2 Å². The fourth-order valence-corrected chi connectivity index (χ4v) is 3.17. The number of rotatable bonds is 6. The summed E-state index contributed by atoms with van der Waals surface area (Å²) >= 11 is 0. The molecule has 0 bridgehead atoms. The first-order chi connectivity index (χ1) is 8.76. The monoisotopic (exact) mass is 249 g/mol. The molecule has 0 radical (unpaired) electrons. The first-order valence-electron chi connectivity index (χ1n) is 7.48. The molecule has 1 aliphatic carbocycles. The fraction of sp³-hybridized carbons (Fsp3) is 0.800. The SMILES string of the molecule is CCC(CC)n1ccc(CC2CCC(NC)C2)n1. The van der Waals surface area contributed by atoms with E-state index in [0.717, 1.165) is 18.4 Å². The predicted octanol–water partition coefficient (Wildman–Crippen LogP) is 3.17. The van der Waals surface area contributed by atoms with Crippen molar-refractivity contribution in [1.29, 1.82) is 0 Å². The van der Waals surface area contributed by atoms with Gasteiger partial charge in [0.1, 0.15) is 0 Å². The summed E-state index contributed by atoms with van der Waals surface area (Å²) in [5.41, 5.74) is 1.28. The van der Waals surface area contributed by atoms with Gasteiger partial charge in [0.15, 0.2) is 0 Å². The summed E-state index contributed by atoms with van der Waals surface area (Å²) in [7, 11) is 2.08. The summed E-state index contributed by atoms with van der Waals surface area (Å²) in [5.74, 6) is 0.826. The van der Waals surface area contributed by atoms with Gasteiger partial charge in [-0.1, -0.05) is 13.8 Å². The van der Waals surface area contributed by atoms with E-state index in [1.807, 2.05) is 0 Å². The van der Waals surface area contributed by atoms with Gasteiger partial charge < -0.3 is 5.32 Å². The number of aromatic nitrogens is 2. The van der Waals surface area contributed by atoms with Crippen LogP contribution in [0.4, 0.5) is 0 Å². The first-order valence-corrected chi connectivity index (χ1v) is 7.48. The van der Waals surface area contributed by atoms with Gasteiger partial charge in [-0.3, -0.25) is 4.68 Å². The molecule has 1 aromatic heterocycles. The van der Waals surface area contributed by atoms with Crippen LogP contribution in [-0.4, -0.2) is 22.9 Å². The lowest BCUT2D eigenvalue weighted by atomic mass is 10.0. The molecule has 2 rings (SSSR count). The number of hydrogen-bond acceptors (Lipinski definition) is 2. The lowest BCUT2D eigenvalue weighted by Crippen LogP contribution is -2.21. The standard InChI is InChI=1S/C15H27N3/c1-4-15(5-2)18-9-8-14(17-18)11-12-6-7-13(10-12)16-3/h8-9,12-13,15-16H,4-7,10-11H2,1-3H3. The molecular formula is C15H27N3. The second-order valence-corrected chi connectivity index (χ2v) is 5.63. The van der Waals surface area contributed by atoms with E-state index >= 15 is 0 Å². The van der Waals surface area contributed by atoms with E-state index in [9.17, 15) is 0 Å². The van der Waals surface area contributed by atoms with Crippen LogP contribution in [0.5, 0.6) is 0 Å². The Hall–Kier alpha value is -0.830. The Balaban J connectivity index is 1.91. The molecule has 18 heavy (non-hydrogen) atoms. The molecular weight excluding hydrogens is 222 g/mol. The van der Waals surface area contributed by atoms with Gasteiger partial charge in [0.2, 0.25) is 0 Å². The molecule has 0 spiro atoms. The van der Waals surface area contributed by atoms with Crippen molar-refractivity contribution in [3.63, 3.8) is 0 Å². The summed E-state index contributed by atoms with van der Waals surface area (Å²) < 4.78 is 2.17. The molecule has 2 unspecified atom stereocenters. The molecule has 2 atom stereocenters. The third-order valence-corrected chi connectivity index (χ3v) is 4.43.